The number of hydrogen-bond acceptors (Lipinski definition) is 4. The molecule has 6 nitrogen and oxygen atoms in total. The molecule has 2 rings (SSSR count). The van der Waals surface area contributed by atoms with Crippen LogP contribution >= 0.6 is 0 Å². The summed E-state index contributed by atoms with van der Waals surface area (Å²) in [6, 6.07) is 6.06. The molecule has 1 N–H and O–H groups in total. The lowest BCUT2D eigenvalue weighted by Crippen LogP contribution is -2.59. The molecule has 0 bridgehead atoms. The minimum absolute atomic E-state index is 0.101. The van der Waals surface area contributed by atoms with Crippen LogP contribution in [-0.2, 0) is 9.59 Å². The van der Waals surface area contributed by atoms with Gasteiger partial charge in [-0.3, -0.25) is 19.7 Å². The number of benzene rings is 1. The van der Waals surface area contributed by atoms with Gasteiger partial charge in [0.25, 0.3) is 5.91 Å². The van der Waals surface area contributed by atoms with Crippen LogP contribution in [0.4, 0.5) is 0 Å². The second-order valence-corrected chi connectivity index (χ2v) is 4.73. The SMILES string of the molecule is CCOc1ccc(C(=O)N2CC(=O)NC(=O)C2CC)cc1. The van der Waals surface area contributed by atoms with Crippen LogP contribution < -0.4 is 10.1 Å². The molecule has 1 unspecified atom stereocenters. The molecule has 1 aliphatic heterocycles. The van der Waals surface area contributed by atoms with E-state index in [0.717, 1.165) is 0 Å². The summed E-state index contributed by atoms with van der Waals surface area (Å²) in [4.78, 5) is 37.0. The number of piperazine rings is 1. The molecule has 0 spiro atoms. The number of hydrogen-bond donors (Lipinski definition) is 1. The molecule has 1 heterocycles. The summed E-state index contributed by atoms with van der Waals surface area (Å²) in [6.07, 6.45) is 0.460. The van der Waals surface area contributed by atoms with Gasteiger partial charge in [0.05, 0.1) is 6.61 Å². The third-order valence-corrected chi connectivity index (χ3v) is 3.32. The monoisotopic (exact) mass is 290 g/mol. The number of amides is 3. The lowest BCUT2D eigenvalue weighted by Gasteiger charge is -2.33. The summed E-state index contributed by atoms with van der Waals surface area (Å²) in [6.45, 7) is 4.13. The van der Waals surface area contributed by atoms with Gasteiger partial charge < -0.3 is 9.64 Å². The molecule has 1 aromatic carbocycles. The summed E-state index contributed by atoms with van der Waals surface area (Å²) < 4.78 is 5.32. The van der Waals surface area contributed by atoms with Crippen molar-refractivity contribution in [3.8, 4) is 5.75 Å². The summed E-state index contributed by atoms with van der Waals surface area (Å²) in [7, 11) is 0. The molecule has 1 aromatic rings. The van der Waals surface area contributed by atoms with Crippen molar-refractivity contribution in [2.24, 2.45) is 0 Å². The largest absolute Gasteiger partial charge is 0.494 e. The minimum Gasteiger partial charge on any atom is -0.494 e. The first-order valence-electron chi connectivity index (χ1n) is 6.94. The number of nitrogens with zero attached hydrogens (tertiary/aromatic N) is 1. The van der Waals surface area contributed by atoms with Gasteiger partial charge >= 0.3 is 0 Å². The second kappa shape index (κ2) is 6.39. The predicted octanol–water partition coefficient (Wildman–Crippen LogP) is 0.962. The van der Waals surface area contributed by atoms with Gasteiger partial charge in [-0.25, -0.2) is 0 Å². The van der Waals surface area contributed by atoms with Crippen molar-refractivity contribution in [2.45, 2.75) is 26.3 Å². The highest BCUT2D eigenvalue weighted by molar-refractivity contribution is 6.07. The molecule has 1 saturated heterocycles. The Balaban J connectivity index is 2.20. The Morgan fingerprint density at radius 3 is 2.52 bits per heavy atom. The Labute approximate surface area is 123 Å². The maximum absolute atomic E-state index is 12.5. The van der Waals surface area contributed by atoms with Gasteiger partial charge in [0.15, 0.2) is 0 Å². The molecule has 0 saturated carbocycles. The Kier molecular flexibility index (Phi) is 4.57. The molecule has 3 amide bonds. The van der Waals surface area contributed by atoms with E-state index >= 15 is 0 Å². The molecule has 1 fully saturated rings. The number of rotatable bonds is 4. The molecule has 1 atom stereocenters. The Morgan fingerprint density at radius 1 is 1.29 bits per heavy atom. The summed E-state index contributed by atoms with van der Waals surface area (Å²) in [5.74, 6) is -0.529. The van der Waals surface area contributed by atoms with Gasteiger partial charge in [-0.2, -0.15) is 0 Å². The molecular weight excluding hydrogens is 272 g/mol. The van der Waals surface area contributed by atoms with Gasteiger partial charge in [0, 0.05) is 5.56 Å². The van der Waals surface area contributed by atoms with Crippen molar-refractivity contribution in [1.29, 1.82) is 0 Å². The van der Waals surface area contributed by atoms with Crippen LogP contribution in [0.3, 0.4) is 0 Å². The van der Waals surface area contributed by atoms with Gasteiger partial charge in [0.2, 0.25) is 11.8 Å². The van der Waals surface area contributed by atoms with Crippen LogP contribution in [-0.4, -0.2) is 41.8 Å². The summed E-state index contributed by atoms with van der Waals surface area (Å²) in [5, 5.41) is 2.25. The summed E-state index contributed by atoms with van der Waals surface area (Å²) >= 11 is 0. The van der Waals surface area contributed by atoms with Crippen molar-refractivity contribution in [1.82, 2.24) is 10.2 Å². The first kappa shape index (κ1) is 15.0. The lowest BCUT2D eigenvalue weighted by molar-refractivity contribution is -0.138. The Bertz CT molecular complexity index is 553. The van der Waals surface area contributed by atoms with Crippen LogP contribution in [0.1, 0.15) is 30.6 Å². The van der Waals surface area contributed by atoms with Gasteiger partial charge in [-0.05, 0) is 37.6 Å². The van der Waals surface area contributed by atoms with Crippen LogP contribution in [0.2, 0.25) is 0 Å². The number of carbonyl (C=O) groups excluding carboxylic acids is 3. The number of imide groups is 1. The van der Waals surface area contributed by atoms with Crippen molar-refractivity contribution in [3.63, 3.8) is 0 Å². The highest BCUT2D eigenvalue weighted by Crippen LogP contribution is 2.17. The molecule has 6 heteroatoms. The fraction of sp³-hybridized carbons (Fsp3) is 0.400. The topological polar surface area (TPSA) is 75.7 Å². The van der Waals surface area contributed by atoms with E-state index in [1.165, 1.54) is 4.90 Å². The van der Waals surface area contributed by atoms with E-state index in [-0.39, 0.29) is 12.5 Å². The van der Waals surface area contributed by atoms with E-state index < -0.39 is 17.9 Å². The molecule has 21 heavy (non-hydrogen) atoms. The Hall–Kier alpha value is -2.37. The van der Waals surface area contributed by atoms with Crippen LogP contribution in [0.5, 0.6) is 5.75 Å². The van der Waals surface area contributed by atoms with E-state index in [0.29, 0.717) is 24.3 Å². The van der Waals surface area contributed by atoms with E-state index in [1.54, 1.807) is 31.2 Å². The van der Waals surface area contributed by atoms with Gasteiger partial charge in [0.1, 0.15) is 18.3 Å². The normalized spacial score (nSPS) is 18.4. The predicted molar refractivity (Wildman–Crippen MR) is 75.9 cm³/mol. The maximum Gasteiger partial charge on any atom is 0.255 e. The average Bonchev–Trinajstić information content (AvgIpc) is 2.47. The molecule has 112 valence electrons. The first-order chi connectivity index (χ1) is 10.1. The highest BCUT2D eigenvalue weighted by Gasteiger charge is 2.35. The average molecular weight is 290 g/mol. The van der Waals surface area contributed by atoms with E-state index in [1.807, 2.05) is 6.92 Å². The third kappa shape index (κ3) is 3.21. The van der Waals surface area contributed by atoms with Crippen molar-refractivity contribution < 1.29 is 19.1 Å². The lowest BCUT2D eigenvalue weighted by atomic mass is 10.1. The fourth-order valence-corrected chi connectivity index (χ4v) is 2.31. The zero-order chi connectivity index (χ0) is 15.4. The van der Waals surface area contributed by atoms with E-state index in [2.05, 4.69) is 5.32 Å². The molecule has 1 aliphatic rings. The van der Waals surface area contributed by atoms with Crippen molar-refractivity contribution in [2.75, 3.05) is 13.2 Å². The number of nitrogens with one attached hydrogen (secondary N) is 1. The smallest absolute Gasteiger partial charge is 0.255 e. The zero-order valence-corrected chi connectivity index (χ0v) is 12.1. The first-order valence-corrected chi connectivity index (χ1v) is 6.94. The minimum atomic E-state index is -0.609. The van der Waals surface area contributed by atoms with Crippen molar-refractivity contribution >= 4 is 17.7 Å². The van der Waals surface area contributed by atoms with Crippen LogP contribution in [0.25, 0.3) is 0 Å². The quantitative estimate of drug-likeness (QED) is 0.838. The maximum atomic E-state index is 12.5. The molecule has 0 radical (unpaired) electrons. The van der Waals surface area contributed by atoms with Crippen molar-refractivity contribution in [3.05, 3.63) is 29.8 Å². The fourth-order valence-electron chi connectivity index (χ4n) is 2.31. The van der Waals surface area contributed by atoms with Gasteiger partial charge in [-0.1, -0.05) is 6.92 Å². The van der Waals surface area contributed by atoms with E-state index in [4.69, 9.17) is 4.74 Å². The van der Waals surface area contributed by atoms with Crippen LogP contribution in [0, 0.1) is 0 Å². The Morgan fingerprint density at radius 2 is 1.95 bits per heavy atom. The zero-order valence-electron chi connectivity index (χ0n) is 12.1. The molecule has 0 aliphatic carbocycles. The number of ether oxygens (including phenoxy) is 1. The molecular formula is C15H18N2O4. The van der Waals surface area contributed by atoms with E-state index in [9.17, 15) is 14.4 Å². The van der Waals surface area contributed by atoms with Crippen LogP contribution in [0.15, 0.2) is 24.3 Å². The van der Waals surface area contributed by atoms with Gasteiger partial charge in [-0.15, -0.1) is 0 Å². The third-order valence-electron chi connectivity index (χ3n) is 3.32. The molecule has 0 aromatic heterocycles. The number of carbonyl (C=O) groups is 3. The summed E-state index contributed by atoms with van der Waals surface area (Å²) in [5.41, 5.74) is 0.430. The second-order valence-electron chi connectivity index (χ2n) is 4.73. The highest BCUT2D eigenvalue weighted by atomic mass is 16.5. The standard InChI is InChI=1S/C15H18N2O4/c1-3-12-14(19)16-13(18)9-17(12)15(20)10-5-7-11(8-6-10)21-4-2/h5-8,12H,3-4,9H2,1-2H3,(H,16,18,19).